The van der Waals surface area contributed by atoms with Crippen LogP contribution in [0.25, 0.3) is 10.4 Å². The quantitative estimate of drug-likeness (QED) is 0.328. The summed E-state index contributed by atoms with van der Waals surface area (Å²) in [6.07, 6.45) is -0.187. The van der Waals surface area contributed by atoms with Gasteiger partial charge in [0.05, 0.1) is 6.10 Å². The summed E-state index contributed by atoms with van der Waals surface area (Å²) in [7, 11) is 0. The number of nitrogens with zero attached hydrogens (tertiary/aromatic N) is 4. The molecule has 30 heavy (non-hydrogen) atoms. The van der Waals surface area contributed by atoms with Gasteiger partial charge >= 0.3 is 12.7 Å². The molecule has 10 heteroatoms. The Balaban J connectivity index is 2.29. The highest BCUT2D eigenvalue weighted by atomic mass is 19.3. The van der Waals surface area contributed by atoms with E-state index in [4.69, 9.17) is 15.0 Å². The van der Waals surface area contributed by atoms with Gasteiger partial charge in [0.1, 0.15) is 5.60 Å². The summed E-state index contributed by atoms with van der Waals surface area (Å²) in [4.78, 5) is 17.0. The number of rotatable bonds is 7. The number of likely N-dealkylation sites (tertiary alicyclic amines) is 1. The molecule has 0 bridgehead atoms. The van der Waals surface area contributed by atoms with Crippen LogP contribution in [0.1, 0.15) is 52.5 Å². The maximum Gasteiger partial charge on any atom is 0.410 e. The van der Waals surface area contributed by atoms with Crippen molar-refractivity contribution < 1.29 is 27.8 Å². The number of hydrogen-bond acceptors (Lipinski definition) is 5. The number of carbonyl (C=O) groups is 1. The Bertz CT molecular complexity index is 792. The molecule has 2 rings (SSSR count). The lowest BCUT2D eigenvalue weighted by Crippen LogP contribution is -2.41. The molecule has 1 saturated heterocycles. The molecule has 1 heterocycles. The smallest absolute Gasteiger partial charge is 0.410 e. The van der Waals surface area contributed by atoms with Gasteiger partial charge in [-0.1, -0.05) is 11.2 Å². The fourth-order valence-corrected chi connectivity index (χ4v) is 3.32. The number of azide groups is 1. The van der Waals surface area contributed by atoms with Crippen molar-refractivity contribution in [3.63, 3.8) is 0 Å². The highest BCUT2D eigenvalue weighted by molar-refractivity contribution is 5.69. The van der Waals surface area contributed by atoms with E-state index in [1.165, 1.54) is 6.07 Å². The minimum atomic E-state index is -2.97. The topological polar surface area (TPSA) is 96.8 Å². The number of benzene rings is 1. The first kappa shape index (κ1) is 23.5. The van der Waals surface area contributed by atoms with E-state index in [0.717, 1.165) is 5.56 Å². The molecule has 166 valence electrons. The van der Waals surface area contributed by atoms with E-state index in [1.807, 2.05) is 0 Å². The molecule has 0 radical (unpaired) electrons. The van der Waals surface area contributed by atoms with Crippen LogP contribution in [0, 0.1) is 0 Å². The molecule has 1 aromatic carbocycles. The van der Waals surface area contributed by atoms with Crippen molar-refractivity contribution in [2.45, 2.75) is 71.3 Å². The Morgan fingerprint density at radius 1 is 1.30 bits per heavy atom. The van der Waals surface area contributed by atoms with E-state index >= 15 is 0 Å². The summed E-state index contributed by atoms with van der Waals surface area (Å²) in [6, 6.07) is 4.45. The van der Waals surface area contributed by atoms with Gasteiger partial charge in [0.15, 0.2) is 11.5 Å². The Morgan fingerprint density at radius 3 is 2.57 bits per heavy atom. The van der Waals surface area contributed by atoms with Gasteiger partial charge in [-0.25, -0.2) is 4.79 Å². The lowest BCUT2D eigenvalue weighted by atomic mass is 9.96. The molecule has 0 N–H and O–H groups in total. The van der Waals surface area contributed by atoms with E-state index < -0.39 is 18.3 Å². The van der Waals surface area contributed by atoms with Crippen molar-refractivity contribution in [2.24, 2.45) is 5.11 Å². The Labute approximate surface area is 174 Å². The zero-order chi connectivity index (χ0) is 22.5. The fraction of sp³-hybridized carbons (Fsp3) is 0.650. The van der Waals surface area contributed by atoms with Crippen LogP contribution in [0.3, 0.4) is 0 Å². The second-order valence-corrected chi connectivity index (χ2v) is 8.38. The van der Waals surface area contributed by atoms with Crippen molar-refractivity contribution in [1.82, 2.24) is 4.90 Å². The Hall–Kier alpha value is -2.74. The van der Waals surface area contributed by atoms with Crippen LogP contribution >= 0.6 is 0 Å². The van der Waals surface area contributed by atoms with Gasteiger partial charge in [0.25, 0.3) is 0 Å². The van der Waals surface area contributed by atoms with Gasteiger partial charge in [0, 0.05) is 30.0 Å². The summed E-state index contributed by atoms with van der Waals surface area (Å²) in [6.45, 7) is 6.40. The molecule has 0 unspecified atom stereocenters. The molecular weight excluding hydrogens is 398 g/mol. The average Bonchev–Trinajstić information content (AvgIpc) is 3.03. The van der Waals surface area contributed by atoms with Crippen molar-refractivity contribution in [3.8, 4) is 11.5 Å². The van der Waals surface area contributed by atoms with Crippen molar-refractivity contribution in [3.05, 3.63) is 34.2 Å². The number of halogens is 2. The molecule has 0 saturated carbocycles. The van der Waals surface area contributed by atoms with E-state index in [-0.39, 0.29) is 36.1 Å². The highest BCUT2D eigenvalue weighted by Gasteiger charge is 2.38. The van der Waals surface area contributed by atoms with Gasteiger partial charge < -0.3 is 19.1 Å². The molecule has 1 fully saturated rings. The van der Waals surface area contributed by atoms with Crippen molar-refractivity contribution >= 4 is 6.09 Å². The second-order valence-electron chi connectivity index (χ2n) is 8.38. The molecule has 0 aliphatic carbocycles. The third kappa shape index (κ3) is 6.66. The predicted molar refractivity (Wildman–Crippen MR) is 107 cm³/mol. The van der Waals surface area contributed by atoms with Gasteiger partial charge in [-0.05, 0) is 64.3 Å². The number of alkyl halides is 2. The van der Waals surface area contributed by atoms with Crippen LogP contribution in [0.2, 0.25) is 0 Å². The third-order valence-corrected chi connectivity index (χ3v) is 4.42. The molecule has 8 nitrogen and oxygen atoms in total. The summed E-state index contributed by atoms with van der Waals surface area (Å²) in [5.41, 5.74) is 8.82. The molecule has 2 atom stereocenters. The van der Waals surface area contributed by atoms with Crippen LogP contribution in [0.4, 0.5) is 13.6 Å². The lowest BCUT2D eigenvalue weighted by Gasteiger charge is -2.28. The van der Waals surface area contributed by atoms with Crippen LogP contribution in [0.5, 0.6) is 11.5 Å². The summed E-state index contributed by atoms with van der Waals surface area (Å²) in [5, 5.41) is 3.62. The number of ether oxygens (including phenoxy) is 3. The van der Waals surface area contributed by atoms with E-state index in [9.17, 15) is 13.6 Å². The van der Waals surface area contributed by atoms with E-state index in [0.29, 0.717) is 13.0 Å². The van der Waals surface area contributed by atoms with Gasteiger partial charge in [-0.15, -0.1) is 0 Å². The van der Waals surface area contributed by atoms with Crippen LogP contribution < -0.4 is 9.47 Å². The fourth-order valence-electron chi connectivity index (χ4n) is 3.32. The monoisotopic (exact) mass is 426 g/mol. The van der Waals surface area contributed by atoms with Gasteiger partial charge in [-0.2, -0.15) is 8.78 Å². The van der Waals surface area contributed by atoms with Crippen LogP contribution in [-0.4, -0.2) is 48.4 Å². The molecule has 1 aromatic rings. The van der Waals surface area contributed by atoms with Crippen LogP contribution in [-0.2, 0) is 4.74 Å². The second kappa shape index (κ2) is 9.84. The third-order valence-electron chi connectivity index (χ3n) is 4.42. The SMILES string of the molecule is CC(C)Oc1cc([C@@H]2C[C@@H](CN=[N+]=[N-])N(C(=O)OC(C)(C)C)C2)ccc1OC(F)F. The van der Waals surface area contributed by atoms with Crippen molar-refractivity contribution in [1.29, 1.82) is 0 Å². The first-order valence-electron chi connectivity index (χ1n) is 9.76. The molecular formula is C20H28F2N4O4. The minimum absolute atomic E-state index is 0.0462. The number of amides is 1. The Morgan fingerprint density at radius 2 is 2.00 bits per heavy atom. The standard InChI is InChI=1S/C20H28F2N4O4/c1-12(2)28-17-9-13(6-7-16(17)29-18(21)22)14-8-15(10-24-25-23)26(11-14)19(27)30-20(3,4)5/h6-7,9,12,14-15,18H,8,10-11H2,1-5H3/t14-,15+/m1/s1. The van der Waals surface area contributed by atoms with Gasteiger partial charge in [0.2, 0.25) is 0 Å². The molecule has 1 amide bonds. The molecule has 0 aromatic heterocycles. The maximum atomic E-state index is 12.7. The van der Waals surface area contributed by atoms with Crippen molar-refractivity contribution in [2.75, 3.05) is 13.1 Å². The predicted octanol–water partition coefficient (Wildman–Crippen LogP) is 5.48. The lowest BCUT2D eigenvalue weighted by molar-refractivity contribution is -0.0519. The zero-order valence-corrected chi connectivity index (χ0v) is 17.8. The average molecular weight is 426 g/mol. The largest absolute Gasteiger partial charge is 0.487 e. The molecule has 1 aliphatic rings. The highest BCUT2D eigenvalue weighted by Crippen LogP contribution is 2.38. The minimum Gasteiger partial charge on any atom is -0.487 e. The van der Waals surface area contributed by atoms with Crippen LogP contribution in [0.15, 0.2) is 23.3 Å². The zero-order valence-electron chi connectivity index (χ0n) is 17.8. The molecule has 1 aliphatic heterocycles. The maximum absolute atomic E-state index is 12.7. The molecule has 0 spiro atoms. The van der Waals surface area contributed by atoms with Gasteiger partial charge in [-0.3, -0.25) is 0 Å². The summed E-state index contributed by atoms with van der Waals surface area (Å²) < 4.78 is 41.1. The first-order valence-corrected chi connectivity index (χ1v) is 9.76. The summed E-state index contributed by atoms with van der Waals surface area (Å²) >= 11 is 0. The number of hydrogen-bond donors (Lipinski definition) is 0. The first-order chi connectivity index (χ1) is 14.0. The normalized spacial score (nSPS) is 19.0. The number of carbonyl (C=O) groups excluding carboxylic acids is 1. The van der Waals surface area contributed by atoms with E-state index in [1.54, 1.807) is 51.7 Å². The summed E-state index contributed by atoms with van der Waals surface area (Å²) in [5.74, 6) is 0.0618. The van der Waals surface area contributed by atoms with E-state index in [2.05, 4.69) is 14.8 Å². The Kier molecular flexibility index (Phi) is 7.72.